The summed E-state index contributed by atoms with van der Waals surface area (Å²) in [4.78, 5) is 19.8. The van der Waals surface area contributed by atoms with Crippen LogP contribution in [0.2, 0.25) is 5.02 Å². The summed E-state index contributed by atoms with van der Waals surface area (Å²) in [5.41, 5.74) is 2.67. The van der Waals surface area contributed by atoms with Gasteiger partial charge in [0.2, 0.25) is 5.89 Å². The molecule has 0 unspecified atom stereocenters. The maximum atomic E-state index is 11.9. The second-order valence-corrected chi connectivity index (χ2v) is 4.35. The average Bonchev–Trinajstić information content (AvgIpc) is 2.84. The maximum absolute atomic E-state index is 11.9. The van der Waals surface area contributed by atoms with E-state index in [2.05, 4.69) is 25.9 Å². The average molecular weight is 297 g/mol. The van der Waals surface area contributed by atoms with Crippen LogP contribution in [0.15, 0.2) is 16.8 Å². The first-order chi connectivity index (χ1) is 9.60. The molecule has 0 saturated heterocycles. The van der Waals surface area contributed by atoms with Gasteiger partial charge < -0.3 is 15.3 Å². The molecule has 0 fully saturated rings. The number of aromatic nitrogens is 3. The minimum Gasteiger partial charge on any atom is -0.351 e. The highest BCUT2D eigenvalue weighted by atomic mass is 35.5. The Morgan fingerprint density at radius 3 is 2.95 bits per heavy atom. The molecule has 2 rings (SSSR count). The van der Waals surface area contributed by atoms with Crippen molar-refractivity contribution in [3.63, 3.8) is 0 Å². The zero-order valence-electron chi connectivity index (χ0n) is 10.7. The Morgan fingerprint density at radius 1 is 1.55 bits per heavy atom. The van der Waals surface area contributed by atoms with E-state index in [-0.39, 0.29) is 10.9 Å². The number of rotatable bonds is 5. The summed E-state index contributed by atoms with van der Waals surface area (Å²) in [7, 11) is 0. The van der Waals surface area contributed by atoms with Crippen molar-refractivity contribution in [1.29, 1.82) is 0 Å². The Bertz CT molecular complexity index is 615. The largest absolute Gasteiger partial charge is 0.351 e. The molecule has 2 aromatic rings. The molecule has 0 atom stereocenters. The van der Waals surface area contributed by atoms with Crippen LogP contribution < -0.4 is 16.6 Å². The van der Waals surface area contributed by atoms with Gasteiger partial charge in [0.1, 0.15) is 0 Å². The van der Waals surface area contributed by atoms with Crippen LogP contribution in [0.25, 0.3) is 0 Å². The highest BCUT2D eigenvalue weighted by Gasteiger charge is 2.10. The van der Waals surface area contributed by atoms with Gasteiger partial charge >= 0.3 is 0 Å². The Hall–Kier alpha value is -2.19. The first-order valence-electron chi connectivity index (χ1n) is 5.79. The van der Waals surface area contributed by atoms with Gasteiger partial charge in [-0.1, -0.05) is 16.8 Å². The molecule has 9 heteroatoms. The topological polar surface area (TPSA) is 119 Å². The fourth-order valence-corrected chi connectivity index (χ4v) is 1.72. The van der Waals surface area contributed by atoms with E-state index in [0.717, 1.165) is 0 Å². The normalized spacial score (nSPS) is 10.3. The third-order valence-electron chi connectivity index (χ3n) is 2.43. The molecule has 2 aromatic heterocycles. The summed E-state index contributed by atoms with van der Waals surface area (Å²) in [5, 5.41) is 6.63. The molecule has 0 bridgehead atoms. The molecule has 0 spiro atoms. The third-order valence-corrected chi connectivity index (χ3v) is 2.72. The van der Waals surface area contributed by atoms with Gasteiger partial charge in [0, 0.05) is 19.2 Å². The monoisotopic (exact) mass is 296 g/mol. The molecule has 0 aliphatic carbocycles. The van der Waals surface area contributed by atoms with Crippen molar-refractivity contribution in [2.24, 2.45) is 5.84 Å². The lowest BCUT2D eigenvalue weighted by molar-refractivity contribution is 0.0953. The van der Waals surface area contributed by atoms with Crippen molar-refractivity contribution in [2.75, 3.05) is 12.0 Å². The molecule has 1 amide bonds. The standard InChI is InChI=1S/C11H13ClN6O2/c1-6-16-9(20-18-6)2-3-14-11(19)7-4-8(12)10(17-13)15-5-7/h4-5H,2-3,13H2,1H3,(H,14,19)(H,15,17). The zero-order valence-corrected chi connectivity index (χ0v) is 11.4. The molecular formula is C11H13ClN6O2. The van der Waals surface area contributed by atoms with Crippen LogP contribution in [0.5, 0.6) is 0 Å². The smallest absolute Gasteiger partial charge is 0.252 e. The number of hydrogen-bond donors (Lipinski definition) is 3. The number of aryl methyl sites for hydroxylation is 1. The Kier molecular flexibility index (Phi) is 4.49. The lowest BCUT2D eigenvalue weighted by Gasteiger charge is -2.06. The van der Waals surface area contributed by atoms with Crippen molar-refractivity contribution in [3.8, 4) is 0 Å². The quantitative estimate of drug-likeness (QED) is 0.548. The van der Waals surface area contributed by atoms with Gasteiger partial charge in [-0.15, -0.1) is 0 Å². The molecule has 0 radical (unpaired) electrons. The molecule has 20 heavy (non-hydrogen) atoms. The number of nitrogens with two attached hydrogens (primary N) is 1. The van der Waals surface area contributed by atoms with Crippen LogP contribution in [-0.4, -0.2) is 27.6 Å². The van der Waals surface area contributed by atoms with Gasteiger partial charge in [0.25, 0.3) is 5.91 Å². The molecule has 0 aliphatic heterocycles. The number of pyridine rings is 1. The van der Waals surface area contributed by atoms with Crippen molar-refractivity contribution >= 4 is 23.3 Å². The summed E-state index contributed by atoms with van der Waals surface area (Å²) in [5.74, 6) is 6.26. The van der Waals surface area contributed by atoms with Gasteiger partial charge in [-0.05, 0) is 13.0 Å². The van der Waals surface area contributed by atoms with Crippen LogP contribution in [0.1, 0.15) is 22.1 Å². The Labute approximate surface area is 119 Å². The van der Waals surface area contributed by atoms with E-state index in [9.17, 15) is 4.79 Å². The van der Waals surface area contributed by atoms with E-state index in [1.54, 1.807) is 6.92 Å². The Morgan fingerprint density at radius 2 is 2.35 bits per heavy atom. The first kappa shape index (κ1) is 14.2. The second kappa shape index (κ2) is 6.31. The molecule has 0 saturated carbocycles. The van der Waals surface area contributed by atoms with E-state index in [1.165, 1.54) is 12.3 Å². The van der Waals surface area contributed by atoms with Gasteiger partial charge in [-0.2, -0.15) is 4.98 Å². The summed E-state index contributed by atoms with van der Waals surface area (Å²) in [6.07, 6.45) is 1.84. The first-order valence-corrected chi connectivity index (χ1v) is 6.17. The fraction of sp³-hybridized carbons (Fsp3) is 0.273. The van der Waals surface area contributed by atoms with Gasteiger partial charge in [0.15, 0.2) is 11.6 Å². The zero-order chi connectivity index (χ0) is 14.5. The summed E-state index contributed by atoms with van der Waals surface area (Å²) in [6, 6.07) is 1.48. The number of amides is 1. The van der Waals surface area contributed by atoms with Crippen molar-refractivity contribution < 1.29 is 9.32 Å². The van der Waals surface area contributed by atoms with Gasteiger partial charge in [0.05, 0.1) is 10.6 Å². The van der Waals surface area contributed by atoms with Crippen LogP contribution in [-0.2, 0) is 6.42 Å². The lowest BCUT2D eigenvalue weighted by atomic mass is 10.2. The number of nitrogen functional groups attached to an aromatic ring is 1. The van der Waals surface area contributed by atoms with E-state index < -0.39 is 0 Å². The highest BCUT2D eigenvalue weighted by Crippen LogP contribution is 2.18. The van der Waals surface area contributed by atoms with Gasteiger partial charge in [-0.3, -0.25) is 4.79 Å². The molecule has 0 aromatic carbocycles. The number of hydrazine groups is 1. The molecule has 106 valence electrons. The summed E-state index contributed by atoms with van der Waals surface area (Å²) < 4.78 is 4.93. The summed E-state index contributed by atoms with van der Waals surface area (Å²) in [6.45, 7) is 2.10. The number of halogens is 1. The number of carbonyl (C=O) groups is 1. The molecule has 8 nitrogen and oxygen atoms in total. The minimum atomic E-state index is -0.292. The number of nitrogens with one attached hydrogen (secondary N) is 2. The number of carbonyl (C=O) groups excluding carboxylic acids is 1. The highest BCUT2D eigenvalue weighted by molar-refractivity contribution is 6.33. The summed E-state index contributed by atoms with van der Waals surface area (Å²) >= 11 is 5.89. The minimum absolute atomic E-state index is 0.271. The molecular weight excluding hydrogens is 284 g/mol. The second-order valence-electron chi connectivity index (χ2n) is 3.94. The van der Waals surface area contributed by atoms with Crippen molar-refractivity contribution in [2.45, 2.75) is 13.3 Å². The van der Waals surface area contributed by atoms with E-state index >= 15 is 0 Å². The lowest BCUT2D eigenvalue weighted by Crippen LogP contribution is -2.26. The molecule has 0 aliphatic rings. The van der Waals surface area contributed by atoms with Crippen molar-refractivity contribution in [1.82, 2.24) is 20.4 Å². The number of anilines is 1. The van der Waals surface area contributed by atoms with Crippen LogP contribution in [0.3, 0.4) is 0 Å². The van der Waals surface area contributed by atoms with E-state index in [1.807, 2.05) is 0 Å². The van der Waals surface area contributed by atoms with E-state index in [0.29, 0.717) is 36.1 Å². The van der Waals surface area contributed by atoms with Crippen LogP contribution >= 0.6 is 11.6 Å². The van der Waals surface area contributed by atoms with Crippen molar-refractivity contribution in [3.05, 3.63) is 34.6 Å². The van der Waals surface area contributed by atoms with E-state index in [4.69, 9.17) is 22.0 Å². The Balaban J connectivity index is 1.90. The SMILES string of the molecule is Cc1noc(CCNC(=O)c2cnc(NN)c(Cl)c2)n1. The van der Waals surface area contributed by atoms with Crippen LogP contribution in [0.4, 0.5) is 5.82 Å². The predicted molar refractivity (Wildman–Crippen MR) is 72.1 cm³/mol. The predicted octanol–water partition coefficient (Wildman–Crippen LogP) is 0.685. The fourth-order valence-electron chi connectivity index (χ4n) is 1.49. The van der Waals surface area contributed by atoms with Gasteiger partial charge in [-0.25, -0.2) is 10.8 Å². The molecule has 2 heterocycles. The maximum Gasteiger partial charge on any atom is 0.252 e. The third kappa shape index (κ3) is 3.43. The molecule has 4 N–H and O–H groups in total. The van der Waals surface area contributed by atoms with Crippen LogP contribution in [0, 0.1) is 6.92 Å². The number of nitrogens with zero attached hydrogens (tertiary/aromatic N) is 3. The number of hydrogen-bond acceptors (Lipinski definition) is 7.